The van der Waals surface area contributed by atoms with Gasteiger partial charge in [0.2, 0.25) is 0 Å². The first-order chi connectivity index (χ1) is 12.7. The molecular formula is C20H22N3OS2+. The minimum absolute atomic E-state index is 0.0673. The first kappa shape index (κ1) is 17.4. The van der Waals surface area contributed by atoms with Crippen LogP contribution in [0.5, 0.6) is 0 Å². The van der Waals surface area contributed by atoms with Gasteiger partial charge in [-0.25, -0.2) is 4.98 Å². The molecule has 3 heterocycles. The maximum Gasteiger partial charge on any atom is 0.273 e. The molecule has 0 saturated carbocycles. The highest BCUT2D eigenvalue weighted by Crippen LogP contribution is 2.26. The summed E-state index contributed by atoms with van der Waals surface area (Å²) >= 11 is 3.20. The first-order valence-electron chi connectivity index (χ1n) is 8.86. The monoisotopic (exact) mass is 384 g/mol. The fraction of sp³-hybridized carbons (Fsp3) is 0.300. The number of amides is 1. The zero-order valence-electron chi connectivity index (χ0n) is 14.8. The van der Waals surface area contributed by atoms with Crippen LogP contribution in [0, 0.1) is 6.92 Å². The van der Waals surface area contributed by atoms with Crippen LogP contribution >= 0.6 is 22.7 Å². The van der Waals surface area contributed by atoms with Crippen LogP contribution in [0.3, 0.4) is 0 Å². The third-order valence-electron chi connectivity index (χ3n) is 4.95. The zero-order valence-corrected chi connectivity index (χ0v) is 16.4. The zero-order chi connectivity index (χ0) is 17.9. The Labute approximate surface area is 161 Å². The molecule has 1 aliphatic rings. The molecule has 0 aliphatic carbocycles. The predicted octanol–water partition coefficient (Wildman–Crippen LogP) is 2.72. The van der Waals surface area contributed by atoms with Gasteiger partial charge in [0.05, 0.1) is 26.2 Å². The maximum atomic E-state index is 12.8. The third kappa shape index (κ3) is 3.72. The molecule has 0 unspecified atom stereocenters. The fourth-order valence-electron chi connectivity index (χ4n) is 3.33. The van der Waals surface area contributed by atoms with Crippen LogP contribution < -0.4 is 4.90 Å². The second kappa shape index (κ2) is 7.70. The molecule has 1 aromatic carbocycles. The number of aromatic nitrogens is 1. The summed E-state index contributed by atoms with van der Waals surface area (Å²) in [5, 5.41) is 6.93. The molecule has 6 heteroatoms. The lowest BCUT2D eigenvalue weighted by Gasteiger charge is -2.32. The Hall–Kier alpha value is -2.02. The highest BCUT2D eigenvalue weighted by molar-refractivity contribution is 7.14. The van der Waals surface area contributed by atoms with Gasteiger partial charge in [-0.3, -0.25) is 4.79 Å². The molecule has 4 nitrogen and oxygen atoms in total. The van der Waals surface area contributed by atoms with Crippen LogP contribution in [-0.4, -0.2) is 42.0 Å². The maximum absolute atomic E-state index is 12.8. The van der Waals surface area contributed by atoms with Crippen molar-refractivity contribution in [1.82, 2.24) is 9.88 Å². The second-order valence-corrected chi connectivity index (χ2v) is 8.33. The van der Waals surface area contributed by atoms with Crippen molar-refractivity contribution in [3.8, 4) is 10.6 Å². The predicted molar refractivity (Wildman–Crippen MR) is 107 cm³/mol. The van der Waals surface area contributed by atoms with E-state index >= 15 is 0 Å². The van der Waals surface area contributed by atoms with Crippen LogP contribution in [0.25, 0.3) is 10.6 Å². The van der Waals surface area contributed by atoms with E-state index in [1.165, 1.54) is 11.1 Å². The van der Waals surface area contributed by atoms with Crippen molar-refractivity contribution < 1.29 is 9.69 Å². The number of carbonyl (C=O) groups is 1. The van der Waals surface area contributed by atoms with Crippen molar-refractivity contribution in [1.29, 1.82) is 0 Å². The number of hydrogen-bond donors (Lipinski definition) is 1. The lowest BCUT2D eigenvalue weighted by Crippen LogP contribution is -3.13. The number of nitrogens with one attached hydrogen (secondary N) is 1. The number of aryl methyl sites for hydroxylation is 1. The Balaban J connectivity index is 1.36. The van der Waals surface area contributed by atoms with Crippen molar-refractivity contribution in [2.45, 2.75) is 13.5 Å². The summed E-state index contributed by atoms with van der Waals surface area (Å²) < 4.78 is 0. The molecule has 0 bridgehead atoms. The number of thiazole rings is 1. The number of thiophene rings is 1. The SMILES string of the molecule is Cc1ccccc1C[NH+]1CCN(C(=O)c2csc(-c3ccsc3)n2)CC1. The molecule has 2 aromatic heterocycles. The Morgan fingerprint density at radius 2 is 2.00 bits per heavy atom. The molecule has 134 valence electrons. The van der Waals surface area contributed by atoms with Gasteiger partial charge in [0, 0.05) is 21.9 Å². The van der Waals surface area contributed by atoms with Gasteiger partial charge < -0.3 is 9.80 Å². The number of hydrogen-bond acceptors (Lipinski definition) is 4. The molecule has 0 atom stereocenters. The molecule has 1 fully saturated rings. The molecule has 4 rings (SSSR count). The van der Waals surface area contributed by atoms with Crippen LogP contribution in [0.4, 0.5) is 0 Å². The molecule has 1 amide bonds. The number of benzene rings is 1. The standard InChI is InChI=1S/C20H21N3OS2/c1-15-4-2-3-5-16(15)12-22-7-9-23(10-8-22)20(24)18-14-26-19(21-18)17-6-11-25-13-17/h2-6,11,13-14H,7-10,12H2,1H3/p+1. The Bertz CT molecular complexity index is 880. The summed E-state index contributed by atoms with van der Waals surface area (Å²) in [6, 6.07) is 10.6. The highest BCUT2D eigenvalue weighted by Gasteiger charge is 2.26. The summed E-state index contributed by atoms with van der Waals surface area (Å²) in [5.74, 6) is 0.0673. The molecule has 1 N–H and O–H groups in total. The smallest absolute Gasteiger partial charge is 0.273 e. The van der Waals surface area contributed by atoms with Crippen molar-refractivity contribution >= 4 is 28.6 Å². The third-order valence-corrected chi connectivity index (χ3v) is 6.53. The van der Waals surface area contributed by atoms with Gasteiger partial charge in [-0.1, -0.05) is 24.3 Å². The summed E-state index contributed by atoms with van der Waals surface area (Å²) in [7, 11) is 0. The topological polar surface area (TPSA) is 37.6 Å². The van der Waals surface area contributed by atoms with Gasteiger partial charge in [0.1, 0.15) is 17.2 Å². The molecule has 0 radical (unpaired) electrons. The molecule has 26 heavy (non-hydrogen) atoms. The van der Waals surface area contributed by atoms with Crippen molar-refractivity contribution in [3.05, 3.63) is 63.3 Å². The van der Waals surface area contributed by atoms with E-state index in [4.69, 9.17) is 0 Å². The molecular weight excluding hydrogens is 362 g/mol. The van der Waals surface area contributed by atoms with Gasteiger partial charge >= 0.3 is 0 Å². The van der Waals surface area contributed by atoms with Gasteiger partial charge in [-0.2, -0.15) is 11.3 Å². The van der Waals surface area contributed by atoms with Crippen LogP contribution in [-0.2, 0) is 6.54 Å². The second-order valence-electron chi connectivity index (χ2n) is 6.70. The molecule has 1 saturated heterocycles. The minimum atomic E-state index is 0.0673. The van der Waals surface area contributed by atoms with E-state index in [0.29, 0.717) is 5.69 Å². The lowest BCUT2D eigenvalue weighted by molar-refractivity contribution is -0.917. The molecule has 3 aromatic rings. The number of piperazine rings is 1. The summed E-state index contributed by atoms with van der Waals surface area (Å²) in [6.07, 6.45) is 0. The summed E-state index contributed by atoms with van der Waals surface area (Å²) in [5.41, 5.74) is 4.44. The van der Waals surface area contributed by atoms with Crippen molar-refractivity contribution in [3.63, 3.8) is 0 Å². The Kier molecular flexibility index (Phi) is 5.15. The minimum Gasteiger partial charge on any atom is -0.328 e. The van der Waals surface area contributed by atoms with E-state index in [1.54, 1.807) is 27.6 Å². The average molecular weight is 385 g/mol. The number of carbonyl (C=O) groups excluding carboxylic acids is 1. The van der Waals surface area contributed by atoms with E-state index in [-0.39, 0.29) is 5.91 Å². The van der Waals surface area contributed by atoms with E-state index in [9.17, 15) is 4.79 Å². The molecule has 1 aliphatic heterocycles. The van der Waals surface area contributed by atoms with E-state index in [1.807, 2.05) is 21.7 Å². The lowest BCUT2D eigenvalue weighted by atomic mass is 10.1. The van der Waals surface area contributed by atoms with Gasteiger partial charge in [0.15, 0.2) is 0 Å². The van der Waals surface area contributed by atoms with Crippen molar-refractivity contribution in [2.24, 2.45) is 0 Å². The highest BCUT2D eigenvalue weighted by atomic mass is 32.1. The number of rotatable bonds is 4. The largest absolute Gasteiger partial charge is 0.328 e. The van der Waals surface area contributed by atoms with Gasteiger partial charge in [-0.05, 0) is 23.9 Å². The molecule has 0 spiro atoms. The summed E-state index contributed by atoms with van der Waals surface area (Å²) in [4.78, 5) is 20.8. The van der Waals surface area contributed by atoms with E-state index < -0.39 is 0 Å². The van der Waals surface area contributed by atoms with Crippen LogP contribution in [0.2, 0.25) is 0 Å². The van der Waals surface area contributed by atoms with E-state index in [0.717, 1.165) is 43.3 Å². The van der Waals surface area contributed by atoms with Crippen LogP contribution in [0.1, 0.15) is 21.6 Å². The van der Waals surface area contributed by atoms with E-state index in [2.05, 4.69) is 41.6 Å². The van der Waals surface area contributed by atoms with Gasteiger partial charge in [-0.15, -0.1) is 11.3 Å². The Morgan fingerprint density at radius 3 is 2.73 bits per heavy atom. The quantitative estimate of drug-likeness (QED) is 0.751. The number of quaternary nitrogens is 1. The average Bonchev–Trinajstić information content (AvgIpc) is 3.35. The van der Waals surface area contributed by atoms with Crippen LogP contribution in [0.15, 0.2) is 46.5 Å². The van der Waals surface area contributed by atoms with Crippen molar-refractivity contribution in [2.75, 3.05) is 26.2 Å². The first-order valence-corrected chi connectivity index (χ1v) is 10.7. The van der Waals surface area contributed by atoms with Gasteiger partial charge in [0.25, 0.3) is 5.91 Å². The normalized spacial score (nSPS) is 15.3. The fourth-order valence-corrected chi connectivity index (χ4v) is 4.84. The summed E-state index contributed by atoms with van der Waals surface area (Å²) in [6.45, 7) is 6.77. The Morgan fingerprint density at radius 1 is 1.19 bits per heavy atom. The number of nitrogens with zero attached hydrogens (tertiary/aromatic N) is 2.